The van der Waals surface area contributed by atoms with Crippen LogP contribution in [0.4, 0.5) is 0 Å². The van der Waals surface area contributed by atoms with Gasteiger partial charge < -0.3 is 4.74 Å². The minimum Gasteiger partial charge on any atom is -0.377 e. The van der Waals surface area contributed by atoms with Crippen molar-refractivity contribution in [2.45, 2.75) is 43.1 Å². The van der Waals surface area contributed by atoms with Crippen LogP contribution < -0.4 is 5.32 Å². The Kier molecular flexibility index (Phi) is 3.55. The Balaban J connectivity index is 1.83. The Bertz CT molecular complexity index is 260. The summed E-state index contributed by atoms with van der Waals surface area (Å²) in [4.78, 5) is 0. The molecule has 3 nitrogen and oxygen atoms in total. The van der Waals surface area contributed by atoms with Gasteiger partial charge in [0.25, 0.3) is 0 Å². The molecule has 0 amide bonds. The zero-order valence-corrected chi connectivity index (χ0v) is 9.98. The molecule has 1 N–H and O–H groups in total. The van der Waals surface area contributed by atoms with Crippen LogP contribution in [0, 0.1) is 11.3 Å². The lowest BCUT2D eigenvalue weighted by atomic mass is 9.98. The molecule has 84 valence electrons. The number of hydrogen-bond acceptors (Lipinski definition) is 4. The van der Waals surface area contributed by atoms with Crippen molar-refractivity contribution < 1.29 is 4.74 Å². The number of nitrogens with zero attached hydrogens (tertiary/aromatic N) is 1. The van der Waals surface area contributed by atoms with Crippen LogP contribution in [0.2, 0.25) is 0 Å². The van der Waals surface area contributed by atoms with Gasteiger partial charge in [0, 0.05) is 24.2 Å². The van der Waals surface area contributed by atoms with Gasteiger partial charge in [-0.15, -0.1) is 0 Å². The molecule has 4 heteroatoms. The summed E-state index contributed by atoms with van der Waals surface area (Å²) in [7, 11) is 0. The molecule has 3 atom stereocenters. The van der Waals surface area contributed by atoms with Crippen LogP contribution in [-0.2, 0) is 4.74 Å². The molecule has 0 aromatic carbocycles. The summed E-state index contributed by atoms with van der Waals surface area (Å²) in [5.74, 6) is 0.914. The van der Waals surface area contributed by atoms with Crippen molar-refractivity contribution in [2.24, 2.45) is 0 Å². The molecule has 0 aromatic rings. The number of rotatable bonds is 3. The van der Waals surface area contributed by atoms with E-state index >= 15 is 0 Å². The third-order valence-corrected chi connectivity index (χ3v) is 4.55. The molecule has 15 heavy (non-hydrogen) atoms. The molecular weight excluding hydrogens is 208 g/mol. The molecule has 2 aliphatic heterocycles. The number of hydrogen-bond donors (Lipinski definition) is 1. The second-order valence-electron chi connectivity index (χ2n) is 4.54. The molecule has 0 aliphatic carbocycles. The molecular formula is C11H18N2OS. The molecule has 0 aromatic heterocycles. The highest BCUT2D eigenvalue weighted by Gasteiger charge is 2.38. The summed E-state index contributed by atoms with van der Waals surface area (Å²) in [6.07, 6.45) is 3.59. The molecule has 0 radical (unpaired) electrons. The normalized spacial score (nSPS) is 40.5. The van der Waals surface area contributed by atoms with Crippen molar-refractivity contribution in [3.05, 3.63) is 0 Å². The standard InChI is InChI=1S/C11H18N2OS/c1-9-5-11(7-12,8-15-9)13-6-10-3-2-4-14-10/h9-10,13H,2-6,8H2,1H3. The highest BCUT2D eigenvalue weighted by molar-refractivity contribution is 8.00. The van der Waals surface area contributed by atoms with E-state index in [2.05, 4.69) is 18.3 Å². The van der Waals surface area contributed by atoms with Gasteiger partial charge in [-0.25, -0.2) is 0 Å². The molecule has 2 saturated heterocycles. The van der Waals surface area contributed by atoms with Crippen molar-refractivity contribution in [1.29, 1.82) is 5.26 Å². The monoisotopic (exact) mass is 226 g/mol. The number of ether oxygens (including phenoxy) is 1. The second kappa shape index (κ2) is 4.73. The zero-order valence-electron chi connectivity index (χ0n) is 9.16. The molecule has 2 heterocycles. The number of nitriles is 1. The van der Waals surface area contributed by atoms with Crippen molar-refractivity contribution >= 4 is 11.8 Å². The van der Waals surface area contributed by atoms with E-state index in [-0.39, 0.29) is 5.54 Å². The van der Waals surface area contributed by atoms with Crippen LogP contribution in [-0.4, -0.2) is 35.8 Å². The van der Waals surface area contributed by atoms with E-state index in [0.717, 1.165) is 38.2 Å². The minimum absolute atomic E-state index is 0.296. The average Bonchev–Trinajstić information content (AvgIpc) is 2.85. The highest BCUT2D eigenvalue weighted by atomic mass is 32.2. The maximum absolute atomic E-state index is 9.24. The molecule has 2 fully saturated rings. The lowest BCUT2D eigenvalue weighted by Gasteiger charge is -2.23. The molecule has 3 unspecified atom stereocenters. The van der Waals surface area contributed by atoms with Crippen molar-refractivity contribution in [3.8, 4) is 6.07 Å². The number of thioether (sulfide) groups is 1. The SMILES string of the molecule is CC1CC(C#N)(NCC2CCCO2)CS1. The summed E-state index contributed by atoms with van der Waals surface area (Å²) in [5, 5.41) is 13.3. The summed E-state index contributed by atoms with van der Waals surface area (Å²) in [6.45, 7) is 3.91. The van der Waals surface area contributed by atoms with Gasteiger partial charge >= 0.3 is 0 Å². The van der Waals surface area contributed by atoms with E-state index in [9.17, 15) is 5.26 Å². The van der Waals surface area contributed by atoms with E-state index < -0.39 is 0 Å². The predicted molar refractivity (Wildman–Crippen MR) is 61.9 cm³/mol. The first-order valence-electron chi connectivity index (χ1n) is 5.64. The van der Waals surface area contributed by atoms with Crippen LogP contribution in [0.15, 0.2) is 0 Å². The van der Waals surface area contributed by atoms with Gasteiger partial charge in [0.15, 0.2) is 0 Å². The van der Waals surface area contributed by atoms with E-state index in [4.69, 9.17) is 4.74 Å². The van der Waals surface area contributed by atoms with E-state index in [1.54, 1.807) is 0 Å². The van der Waals surface area contributed by atoms with Crippen molar-refractivity contribution in [2.75, 3.05) is 18.9 Å². The Hall–Kier alpha value is -0.240. The third-order valence-electron chi connectivity index (χ3n) is 3.16. The van der Waals surface area contributed by atoms with E-state index in [1.807, 2.05) is 11.8 Å². The first-order valence-corrected chi connectivity index (χ1v) is 6.68. The Labute approximate surface area is 95.6 Å². The largest absolute Gasteiger partial charge is 0.377 e. The van der Waals surface area contributed by atoms with Gasteiger partial charge in [-0.3, -0.25) is 5.32 Å². The van der Waals surface area contributed by atoms with Crippen LogP contribution in [0.25, 0.3) is 0 Å². The third kappa shape index (κ3) is 2.66. The van der Waals surface area contributed by atoms with Crippen LogP contribution in [0.5, 0.6) is 0 Å². The maximum atomic E-state index is 9.24. The fourth-order valence-electron chi connectivity index (χ4n) is 2.25. The van der Waals surface area contributed by atoms with E-state index in [0.29, 0.717) is 11.4 Å². The quantitative estimate of drug-likeness (QED) is 0.793. The molecule has 2 aliphatic rings. The summed E-state index contributed by atoms with van der Waals surface area (Å²) in [5.41, 5.74) is -0.296. The van der Waals surface area contributed by atoms with Gasteiger partial charge in [0.05, 0.1) is 12.2 Å². The molecule has 0 bridgehead atoms. The molecule has 0 spiro atoms. The Morgan fingerprint density at radius 1 is 1.67 bits per heavy atom. The average molecular weight is 226 g/mol. The lowest BCUT2D eigenvalue weighted by Crippen LogP contribution is -2.47. The maximum Gasteiger partial charge on any atom is 0.117 e. The van der Waals surface area contributed by atoms with E-state index in [1.165, 1.54) is 0 Å². The van der Waals surface area contributed by atoms with Crippen molar-refractivity contribution in [1.82, 2.24) is 5.32 Å². The fourth-order valence-corrected chi connectivity index (χ4v) is 3.50. The second-order valence-corrected chi connectivity index (χ2v) is 5.96. The van der Waals surface area contributed by atoms with Gasteiger partial charge in [0.2, 0.25) is 0 Å². The summed E-state index contributed by atoms with van der Waals surface area (Å²) in [6, 6.07) is 2.44. The van der Waals surface area contributed by atoms with Crippen molar-refractivity contribution in [3.63, 3.8) is 0 Å². The van der Waals surface area contributed by atoms with Crippen LogP contribution >= 0.6 is 11.8 Å². The first kappa shape index (κ1) is 11.3. The van der Waals surface area contributed by atoms with Gasteiger partial charge in [-0.05, 0) is 19.3 Å². The summed E-state index contributed by atoms with van der Waals surface area (Å²) >= 11 is 1.89. The van der Waals surface area contributed by atoms with Gasteiger partial charge in [-0.1, -0.05) is 6.92 Å². The minimum atomic E-state index is -0.296. The smallest absolute Gasteiger partial charge is 0.117 e. The zero-order chi connectivity index (χ0) is 10.7. The van der Waals surface area contributed by atoms with Gasteiger partial charge in [0.1, 0.15) is 5.54 Å². The topological polar surface area (TPSA) is 45.0 Å². The molecule has 2 rings (SSSR count). The first-order chi connectivity index (χ1) is 7.24. The van der Waals surface area contributed by atoms with Crippen LogP contribution in [0.1, 0.15) is 26.2 Å². The fraction of sp³-hybridized carbons (Fsp3) is 0.909. The summed E-state index contributed by atoms with van der Waals surface area (Å²) < 4.78 is 5.55. The lowest BCUT2D eigenvalue weighted by molar-refractivity contribution is 0.105. The molecule has 0 saturated carbocycles. The van der Waals surface area contributed by atoms with Gasteiger partial charge in [-0.2, -0.15) is 17.0 Å². The Morgan fingerprint density at radius 3 is 3.07 bits per heavy atom. The Morgan fingerprint density at radius 2 is 2.53 bits per heavy atom. The highest BCUT2D eigenvalue weighted by Crippen LogP contribution is 2.34. The predicted octanol–water partition coefficient (Wildman–Crippen LogP) is 1.54. The van der Waals surface area contributed by atoms with Crippen LogP contribution in [0.3, 0.4) is 0 Å². The number of nitrogens with one attached hydrogen (secondary N) is 1.